The molecule has 1 N–H and O–H groups in total. The third-order valence-corrected chi connectivity index (χ3v) is 5.01. The Labute approximate surface area is 113 Å². The van der Waals surface area contributed by atoms with Gasteiger partial charge in [-0.3, -0.25) is 4.90 Å². The van der Waals surface area contributed by atoms with Crippen molar-refractivity contribution in [2.24, 2.45) is 5.92 Å². The summed E-state index contributed by atoms with van der Waals surface area (Å²) < 4.78 is 0. The predicted octanol–water partition coefficient (Wildman–Crippen LogP) is 3.20. The van der Waals surface area contributed by atoms with Crippen molar-refractivity contribution >= 4 is 0 Å². The Morgan fingerprint density at radius 1 is 1.28 bits per heavy atom. The van der Waals surface area contributed by atoms with Crippen LogP contribution in [-0.4, -0.2) is 36.1 Å². The molecule has 0 spiro atoms. The van der Waals surface area contributed by atoms with Gasteiger partial charge >= 0.3 is 0 Å². The molecule has 0 radical (unpaired) electrons. The first-order valence-electron chi connectivity index (χ1n) is 7.73. The number of allylic oxidation sites excluding steroid dienone is 1. The summed E-state index contributed by atoms with van der Waals surface area (Å²) in [4.78, 5) is 2.75. The summed E-state index contributed by atoms with van der Waals surface area (Å²) in [7, 11) is 0. The van der Waals surface area contributed by atoms with Crippen LogP contribution in [0.15, 0.2) is 11.6 Å². The van der Waals surface area contributed by atoms with E-state index in [4.69, 9.17) is 0 Å². The molecule has 1 atom stereocenters. The van der Waals surface area contributed by atoms with Crippen molar-refractivity contribution in [2.45, 2.75) is 65.0 Å². The summed E-state index contributed by atoms with van der Waals surface area (Å²) in [6.07, 6.45) is 7.79. The molecule has 0 amide bonds. The van der Waals surface area contributed by atoms with E-state index in [1.807, 2.05) is 0 Å². The van der Waals surface area contributed by atoms with Gasteiger partial charge in [0, 0.05) is 31.2 Å². The molecule has 0 bridgehead atoms. The Hall–Kier alpha value is -0.340. The SMILES string of the molecule is CCC1(CC)CNC(C2CC2)CN1CC=C(C)C. The Morgan fingerprint density at radius 2 is 1.94 bits per heavy atom. The fourth-order valence-electron chi connectivity index (χ4n) is 3.25. The lowest BCUT2D eigenvalue weighted by atomic mass is 9.86. The molecule has 0 aromatic heterocycles. The maximum Gasteiger partial charge on any atom is 0.0332 e. The summed E-state index contributed by atoms with van der Waals surface area (Å²) >= 11 is 0. The molecule has 18 heavy (non-hydrogen) atoms. The van der Waals surface area contributed by atoms with Crippen molar-refractivity contribution in [2.75, 3.05) is 19.6 Å². The zero-order valence-electron chi connectivity index (χ0n) is 12.6. The van der Waals surface area contributed by atoms with E-state index in [0.29, 0.717) is 5.54 Å². The lowest BCUT2D eigenvalue weighted by Gasteiger charge is -2.49. The van der Waals surface area contributed by atoms with Crippen LogP contribution in [0, 0.1) is 5.92 Å². The van der Waals surface area contributed by atoms with Crippen molar-refractivity contribution in [3.8, 4) is 0 Å². The molecular weight excluding hydrogens is 220 g/mol. The number of piperazine rings is 1. The molecule has 2 rings (SSSR count). The van der Waals surface area contributed by atoms with E-state index in [0.717, 1.165) is 18.5 Å². The van der Waals surface area contributed by atoms with E-state index in [-0.39, 0.29) is 0 Å². The van der Waals surface area contributed by atoms with Gasteiger partial charge in [0.2, 0.25) is 0 Å². The Morgan fingerprint density at radius 3 is 2.44 bits per heavy atom. The van der Waals surface area contributed by atoms with E-state index >= 15 is 0 Å². The predicted molar refractivity (Wildman–Crippen MR) is 78.8 cm³/mol. The highest BCUT2D eigenvalue weighted by molar-refractivity contribution is 5.05. The third kappa shape index (κ3) is 2.97. The van der Waals surface area contributed by atoms with Crippen molar-refractivity contribution < 1.29 is 0 Å². The minimum atomic E-state index is 0.386. The maximum atomic E-state index is 3.83. The molecule has 1 saturated heterocycles. The van der Waals surface area contributed by atoms with Crippen LogP contribution in [0.3, 0.4) is 0 Å². The van der Waals surface area contributed by atoms with E-state index in [2.05, 4.69) is 44.0 Å². The summed E-state index contributed by atoms with van der Waals surface area (Å²) in [5.74, 6) is 0.964. The summed E-state index contributed by atoms with van der Waals surface area (Å²) in [5, 5.41) is 3.83. The quantitative estimate of drug-likeness (QED) is 0.754. The second-order valence-electron chi connectivity index (χ2n) is 6.44. The van der Waals surface area contributed by atoms with Crippen molar-refractivity contribution in [1.82, 2.24) is 10.2 Å². The number of nitrogens with zero attached hydrogens (tertiary/aromatic N) is 1. The largest absolute Gasteiger partial charge is 0.311 e. The van der Waals surface area contributed by atoms with Crippen LogP contribution in [-0.2, 0) is 0 Å². The minimum Gasteiger partial charge on any atom is -0.311 e. The average Bonchev–Trinajstić information content (AvgIpc) is 3.20. The number of hydrogen-bond acceptors (Lipinski definition) is 2. The lowest BCUT2D eigenvalue weighted by molar-refractivity contribution is 0.0375. The second kappa shape index (κ2) is 5.75. The van der Waals surface area contributed by atoms with Gasteiger partial charge in [0.25, 0.3) is 0 Å². The van der Waals surface area contributed by atoms with Crippen LogP contribution in [0.1, 0.15) is 53.4 Å². The van der Waals surface area contributed by atoms with Crippen LogP contribution in [0.2, 0.25) is 0 Å². The molecule has 2 fully saturated rings. The zero-order valence-corrected chi connectivity index (χ0v) is 12.6. The van der Waals surface area contributed by atoms with Gasteiger partial charge in [-0.2, -0.15) is 0 Å². The molecule has 1 saturated carbocycles. The highest BCUT2D eigenvalue weighted by Crippen LogP contribution is 2.37. The van der Waals surface area contributed by atoms with Crippen LogP contribution in [0.5, 0.6) is 0 Å². The van der Waals surface area contributed by atoms with Gasteiger partial charge in [-0.05, 0) is 45.4 Å². The van der Waals surface area contributed by atoms with Crippen molar-refractivity contribution in [1.29, 1.82) is 0 Å². The Kier molecular flexibility index (Phi) is 4.50. The topological polar surface area (TPSA) is 15.3 Å². The Bertz CT molecular complexity index is 296. The molecule has 1 unspecified atom stereocenters. The number of rotatable bonds is 5. The molecule has 0 aromatic carbocycles. The number of hydrogen-bond donors (Lipinski definition) is 1. The van der Waals surface area contributed by atoms with Crippen LogP contribution in [0.25, 0.3) is 0 Å². The smallest absolute Gasteiger partial charge is 0.0332 e. The summed E-state index contributed by atoms with van der Waals surface area (Å²) in [6.45, 7) is 12.7. The van der Waals surface area contributed by atoms with E-state index < -0.39 is 0 Å². The fraction of sp³-hybridized carbons (Fsp3) is 0.875. The van der Waals surface area contributed by atoms with Gasteiger partial charge < -0.3 is 5.32 Å². The summed E-state index contributed by atoms with van der Waals surface area (Å²) in [5.41, 5.74) is 1.83. The molecule has 2 aliphatic rings. The van der Waals surface area contributed by atoms with Gasteiger partial charge in [0.1, 0.15) is 0 Å². The van der Waals surface area contributed by atoms with Gasteiger partial charge in [-0.15, -0.1) is 0 Å². The highest BCUT2D eigenvalue weighted by atomic mass is 15.3. The minimum absolute atomic E-state index is 0.386. The first-order chi connectivity index (χ1) is 8.61. The highest BCUT2D eigenvalue weighted by Gasteiger charge is 2.42. The normalized spacial score (nSPS) is 28.1. The summed E-state index contributed by atoms with van der Waals surface area (Å²) in [6, 6.07) is 0.752. The number of nitrogens with one attached hydrogen (secondary N) is 1. The molecule has 1 aliphatic carbocycles. The molecule has 1 heterocycles. The fourth-order valence-corrected chi connectivity index (χ4v) is 3.25. The average molecular weight is 250 g/mol. The van der Waals surface area contributed by atoms with Gasteiger partial charge in [0.05, 0.1) is 0 Å². The molecule has 104 valence electrons. The zero-order chi connectivity index (χ0) is 13.2. The molecule has 2 heteroatoms. The first kappa shape index (κ1) is 14.1. The van der Waals surface area contributed by atoms with E-state index in [1.165, 1.54) is 44.3 Å². The third-order valence-electron chi connectivity index (χ3n) is 5.01. The maximum absolute atomic E-state index is 3.83. The molecule has 1 aliphatic heterocycles. The van der Waals surface area contributed by atoms with Crippen LogP contribution >= 0.6 is 0 Å². The van der Waals surface area contributed by atoms with E-state index in [1.54, 1.807) is 0 Å². The van der Waals surface area contributed by atoms with Gasteiger partial charge in [0.15, 0.2) is 0 Å². The first-order valence-corrected chi connectivity index (χ1v) is 7.73. The van der Waals surface area contributed by atoms with Gasteiger partial charge in [-0.1, -0.05) is 25.5 Å². The lowest BCUT2D eigenvalue weighted by Crippen LogP contribution is -2.64. The molecular formula is C16H30N2. The van der Waals surface area contributed by atoms with E-state index in [9.17, 15) is 0 Å². The van der Waals surface area contributed by atoms with Crippen LogP contribution < -0.4 is 5.32 Å². The second-order valence-corrected chi connectivity index (χ2v) is 6.44. The monoisotopic (exact) mass is 250 g/mol. The Balaban J connectivity index is 2.06. The van der Waals surface area contributed by atoms with Crippen LogP contribution in [0.4, 0.5) is 0 Å². The molecule has 0 aromatic rings. The van der Waals surface area contributed by atoms with Crippen molar-refractivity contribution in [3.05, 3.63) is 11.6 Å². The van der Waals surface area contributed by atoms with Crippen molar-refractivity contribution in [3.63, 3.8) is 0 Å². The van der Waals surface area contributed by atoms with Gasteiger partial charge in [-0.25, -0.2) is 0 Å². The molecule has 2 nitrogen and oxygen atoms in total. The standard InChI is InChI=1S/C16H30N2/c1-5-16(6-2)12-17-15(14-7-8-14)11-18(16)10-9-13(3)4/h9,14-15,17H,5-8,10-12H2,1-4H3.